The number of hydrogen-bond acceptors (Lipinski definition) is 4. The molecule has 0 spiro atoms. The molecule has 0 aliphatic heterocycles. The first-order chi connectivity index (χ1) is 12.0. The Bertz CT molecular complexity index is 807. The van der Waals surface area contributed by atoms with Crippen molar-refractivity contribution in [3.63, 3.8) is 0 Å². The van der Waals surface area contributed by atoms with Crippen LogP contribution < -0.4 is 4.74 Å². The van der Waals surface area contributed by atoms with Gasteiger partial charge in [0.05, 0.1) is 7.11 Å². The van der Waals surface area contributed by atoms with Gasteiger partial charge in [-0.2, -0.15) is 0 Å². The molecule has 1 aromatic carbocycles. The van der Waals surface area contributed by atoms with E-state index in [2.05, 4.69) is 24.9 Å². The van der Waals surface area contributed by atoms with Crippen molar-refractivity contribution in [3.05, 3.63) is 53.2 Å². The third-order valence-electron chi connectivity index (χ3n) is 3.85. The van der Waals surface area contributed by atoms with Gasteiger partial charge in [-0.25, -0.2) is 4.98 Å². The summed E-state index contributed by atoms with van der Waals surface area (Å²) in [5, 5.41) is 0. The molecular formula is C21H23NO3. The van der Waals surface area contributed by atoms with Gasteiger partial charge < -0.3 is 4.74 Å². The van der Waals surface area contributed by atoms with E-state index in [0.717, 1.165) is 12.0 Å². The molecule has 0 saturated heterocycles. The quantitative estimate of drug-likeness (QED) is 0.536. The topological polar surface area (TPSA) is 56.3 Å². The highest BCUT2D eigenvalue weighted by atomic mass is 16.5. The Kier molecular flexibility index (Phi) is 6.23. The molecule has 0 atom stereocenters. The number of carbonyl (C=O) groups is 2. The molecule has 0 unspecified atom stereocenters. The fraction of sp³-hybridized carbons (Fsp3) is 0.286. The average Bonchev–Trinajstić information content (AvgIpc) is 2.60. The van der Waals surface area contributed by atoms with E-state index in [9.17, 15) is 9.59 Å². The normalized spacial score (nSPS) is 11.1. The van der Waals surface area contributed by atoms with Crippen LogP contribution in [0.4, 0.5) is 0 Å². The molecule has 2 rings (SSSR count). The van der Waals surface area contributed by atoms with Crippen LogP contribution in [0.3, 0.4) is 0 Å². The van der Waals surface area contributed by atoms with Crippen molar-refractivity contribution in [1.29, 1.82) is 0 Å². The molecule has 1 aromatic heterocycles. The van der Waals surface area contributed by atoms with Gasteiger partial charge in [-0.3, -0.25) is 9.59 Å². The number of ketones is 1. The summed E-state index contributed by atoms with van der Waals surface area (Å²) in [6, 6.07) is 9.10. The number of nitrogens with zero attached hydrogens (tertiary/aromatic N) is 1. The van der Waals surface area contributed by atoms with Gasteiger partial charge in [-0.15, -0.1) is 0 Å². The number of carbonyl (C=O) groups excluding carboxylic acids is 2. The summed E-state index contributed by atoms with van der Waals surface area (Å²) in [6.45, 7) is 5.84. The lowest BCUT2D eigenvalue weighted by Gasteiger charge is -2.11. The van der Waals surface area contributed by atoms with Crippen LogP contribution >= 0.6 is 0 Å². The molecule has 0 saturated carbocycles. The van der Waals surface area contributed by atoms with Crippen LogP contribution in [0, 0.1) is 5.92 Å². The fourth-order valence-electron chi connectivity index (χ4n) is 2.56. The summed E-state index contributed by atoms with van der Waals surface area (Å²) in [5.74, 6) is 0.897. The third kappa shape index (κ3) is 4.63. The van der Waals surface area contributed by atoms with Gasteiger partial charge in [0.1, 0.15) is 5.69 Å². The standard InChI is InChI=1S/C21H23NO3/c1-14(2)6-5-7-16-8-9-17(19(12-16)15(3)24)18-10-11-21(25-4)22-20(18)13-23/h5,7-14H,6H2,1-4H3/b7-5-. The Hall–Kier alpha value is -2.75. The Morgan fingerprint density at radius 2 is 1.92 bits per heavy atom. The zero-order valence-electron chi connectivity index (χ0n) is 15.1. The van der Waals surface area contributed by atoms with E-state index in [1.165, 1.54) is 14.0 Å². The highest BCUT2D eigenvalue weighted by Gasteiger charge is 2.14. The number of Topliss-reactive ketones (excluding diaryl/α,β-unsaturated/α-hetero) is 1. The van der Waals surface area contributed by atoms with Crippen LogP contribution in [0.2, 0.25) is 0 Å². The lowest BCUT2D eigenvalue weighted by atomic mass is 9.94. The maximum Gasteiger partial charge on any atom is 0.213 e. The lowest BCUT2D eigenvalue weighted by molar-refractivity contribution is 0.101. The van der Waals surface area contributed by atoms with Gasteiger partial charge in [0.15, 0.2) is 12.1 Å². The summed E-state index contributed by atoms with van der Waals surface area (Å²) >= 11 is 0. The van der Waals surface area contributed by atoms with Gasteiger partial charge >= 0.3 is 0 Å². The Morgan fingerprint density at radius 1 is 1.20 bits per heavy atom. The second-order valence-corrected chi connectivity index (χ2v) is 6.30. The second-order valence-electron chi connectivity index (χ2n) is 6.30. The van der Waals surface area contributed by atoms with Crippen LogP contribution in [-0.4, -0.2) is 24.2 Å². The molecule has 0 amide bonds. The van der Waals surface area contributed by atoms with E-state index in [1.54, 1.807) is 12.1 Å². The minimum atomic E-state index is -0.0539. The SMILES string of the molecule is COc1ccc(-c2ccc(/C=C\CC(C)C)cc2C(C)=O)c(C=O)n1. The molecule has 1 heterocycles. The van der Waals surface area contributed by atoms with Gasteiger partial charge in [0.25, 0.3) is 0 Å². The number of aromatic nitrogens is 1. The predicted molar refractivity (Wildman–Crippen MR) is 100 cm³/mol. The monoisotopic (exact) mass is 337 g/mol. The minimum absolute atomic E-state index is 0.0539. The van der Waals surface area contributed by atoms with Crippen molar-refractivity contribution in [2.45, 2.75) is 27.2 Å². The Balaban J connectivity index is 2.50. The minimum Gasteiger partial charge on any atom is -0.481 e. The average molecular weight is 337 g/mol. The first kappa shape index (κ1) is 18.6. The van der Waals surface area contributed by atoms with Crippen molar-refractivity contribution >= 4 is 18.1 Å². The number of pyridine rings is 1. The largest absolute Gasteiger partial charge is 0.481 e. The molecule has 4 nitrogen and oxygen atoms in total. The van der Waals surface area contributed by atoms with Crippen LogP contribution in [0.15, 0.2) is 36.4 Å². The molecule has 0 radical (unpaired) electrons. The molecule has 0 aliphatic rings. The maximum absolute atomic E-state index is 12.1. The highest BCUT2D eigenvalue weighted by Crippen LogP contribution is 2.29. The summed E-state index contributed by atoms with van der Waals surface area (Å²) < 4.78 is 5.06. The molecule has 0 aliphatic carbocycles. The van der Waals surface area contributed by atoms with Crippen LogP contribution in [-0.2, 0) is 0 Å². The number of aldehydes is 1. The molecule has 2 aromatic rings. The molecule has 0 fully saturated rings. The zero-order valence-corrected chi connectivity index (χ0v) is 15.1. The molecule has 4 heteroatoms. The van der Waals surface area contributed by atoms with E-state index in [0.29, 0.717) is 34.8 Å². The van der Waals surface area contributed by atoms with Crippen LogP contribution in [0.5, 0.6) is 5.88 Å². The van der Waals surface area contributed by atoms with Crippen LogP contribution in [0.25, 0.3) is 17.2 Å². The van der Waals surface area contributed by atoms with Crippen LogP contribution in [0.1, 0.15) is 53.6 Å². The zero-order chi connectivity index (χ0) is 18.4. The van der Waals surface area contributed by atoms with E-state index < -0.39 is 0 Å². The van der Waals surface area contributed by atoms with Crippen molar-refractivity contribution in [2.75, 3.05) is 7.11 Å². The third-order valence-corrected chi connectivity index (χ3v) is 3.85. The van der Waals surface area contributed by atoms with Crippen molar-refractivity contribution in [1.82, 2.24) is 4.98 Å². The number of ether oxygens (including phenoxy) is 1. The van der Waals surface area contributed by atoms with Gasteiger partial charge in [0, 0.05) is 17.2 Å². The van der Waals surface area contributed by atoms with E-state index in [4.69, 9.17) is 4.74 Å². The number of methoxy groups -OCH3 is 1. The van der Waals surface area contributed by atoms with Crippen molar-refractivity contribution in [2.24, 2.45) is 5.92 Å². The molecule has 0 bridgehead atoms. The maximum atomic E-state index is 12.1. The number of rotatable bonds is 7. The number of allylic oxidation sites excluding steroid dienone is 1. The summed E-state index contributed by atoms with van der Waals surface area (Å²) in [6.07, 6.45) is 5.78. The number of benzene rings is 1. The first-order valence-corrected chi connectivity index (χ1v) is 8.28. The van der Waals surface area contributed by atoms with Crippen molar-refractivity contribution < 1.29 is 14.3 Å². The van der Waals surface area contributed by atoms with Gasteiger partial charge in [-0.05, 0) is 42.5 Å². The van der Waals surface area contributed by atoms with Gasteiger partial charge in [0.2, 0.25) is 5.88 Å². The fourth-order valence-corrected chi connectivity index (χ4v) is 2.56. The second kappa shape index (κ2) is 8.38. The van der Waals surface area contributed by atoms with E-state index >= 15 is 0 Å². The van der Waals surface area contributed by atoms with Crippen molar-refractivity contribution in [3.8, 4) is 17.0 Å². The molecule has 25 heavy (non-hydrogen) atoms. The smallest absolute Gasteiger partial charge is 0.213 e. The number of hydrogen-bond donors (Lipinski definition) is 0. The predicted octanol–water partition coefficient (Wildman–Crippen LogP) is 4.83. The summed E-state index contributed by atoms with van der Waals surface area (Å²) in [4.78, 5) is 27.7. The lowest BCUT2D eigenvalue weighted by Crippen LogP contribution is -2.01. The van der Waals surface area contributed by atoms with Gasteiger partial charge in [-0.1, -0.05) is 38.1 Å². The van der Waals surface area contributed by atoms with E-state index in [-0.39, 0.29) is 11.5 Å². The highest BCUT2D eigenvalue weighted by molar-refractivity contribution is 6.03. The Labute approximate surface area is 148 Å². The summed E-state index contributed by atoms with van der Waals surface area (Å²) in [5.41, 5.74) is 3.11. The molecule has 0 N–H and O–H groups in total. The molecule has 130 valence electrons. The molecular weight excluding hydrogens is 314 g/mol. The Morgan fingerprint density at radius 3 is 2.52 bits per heavy atom. The van der Waals surface area contributed by atoms with E-state index in [1.807, 2.05) is 24.3 Å². The summed E-state index contributed by atoms with van der Waals surface area (Å²) in [7, 11) is 1.50. The first-order valence-electron chi connectivity index (χ1n) is 8.28.